The molecule has 1 amide bonds. The van der Waals surface area contributed by atoms with Gasteiger partial charge in [-0.25, -0.2) is 4.98 Å². The standard InChI is InChI=1S/C17H20ClFN2O5S/c1-3-24-6-7-25-9-14(27-19)21-17(22)15-16(26-10-20-15)11-4-5-13(23-2)12(18)8-11/h4-5,8,10,14H,3,6-7,9H2,1-2H3,(H,21,22). The minimum absolute atomic E-state index is 0.0124. The highest BCUT2D eigenvalue weighted by Gasteiger charge is 2.22. The van der Waals surface area contributed by atoms with E-state index < -0.39 is 11.3 Å². The normalized spacial score (nSPS) is 12.0. The smallest absolute Gasteiger partial charge is 0.274 e. The molecule has 1 aromatic carbocycles. The first-order valence-electron chi connectivity index (χ1n) is 8.11. The average Bonchev–Trinajstić information content (AvgIpc) is 3.16. The van der Waals surface area contributed by atoms with Crippen LogP contribution in [-0.4, -0.2) is 49.8 Å². The number of ether oxygens (including phenoxy) is 3. The first kappa shape index (κ1) is 21.5. The van der Waals surface area contributed by atoms with Crippen LogP contribution >= 0.6 is 23.7 Å². The lowest BCUT2D eigenvalue weighted by Crippen LogP contribution is -2.36. The third kappa shape index (κ3) is 6.10. The monoisotopic (exact) mass is 418 g/mol. The van der Waals surface area contributed by atoms with Crippen LogP contribution in [0.3, 0.4) is 0 Å². The zero-order valence-electron chi connectivity index (χ0n) is 14.9. The Bertz CT molecular complexity index is 746. The average molecular weight is 419 g/mol. The molecule has 0 fully saturated rings. The maximum absolute atomic E-state index is 13.1. The van der Waals surface area contributed by atoms with Crippen LogP contribution in [0.2, 0.25) is 5.02 Å². The lowest BCUT2D eigenvalue weighted by molar-refractivity contribution is 0.0501. The van der Waals surface area contributed by atoms with E-state index in [1.54, 1.807) is 18.2 Å². The molecule has 27 heavy (non-hydrogen) atoms. The quantitative estimate of drug-likeness (QED) is 0.439. The molecule has 1 heterocycles. The molecule has 1 unspecified atom stereocenters. The highest BCUT2D eigenvalue weighted by Crippen LogP contribution is 2.31. The van der Waals surface area contributed by atoms with Gasteiger partial charge in [0, 0.05) is 12.2 Å². The Labute approximate surface area is 165 Å². The second kappa shape index (κ2) is 11.1. The molecule has 0 saturated heterocycles. The van der Waals surface area contributed by atoms with Gasteiger partial charge in [-0.05, 0) is 25.1 Å². The molecule has 1 aromatic heterocycles. The lowest BCUT2D eigenvalue weighted by Gasteiger charge is -2.14. The number of halogens is 2. The molecule has 0 spiro atoms. The van der Waals surface area contributed by atoms with Crippen molar-refractivity contribution < 1.29 is 27.3 Å². The van der Waals surface area contributed by atoms with Gasteiger partial charge in [-0.2, -0.15) is 3.89 Å². The van der Waals surface area contributed by atoms with Crippen LogP contribution in [0.15, 0.2) is 29.0 Å². The summed E-state index contributed by atoms with van der Waals surface area (Å²) in [5.41, 5.74) is 0.561. The van der Waals surface area contributed by atoms with E-state index in [2.05, 4.69) is 10.3 Å². The molecule has 0 aliphatic rings. The number of rotatable bonds is 11. The molecule has 0 aliphatic carbocycles. The van der Waals surface area contributed by atoms with Gasteiger partial charge in [0.1, 0.15) is 11.1 Å². The first-order valence-corrected chi connectivity index (χ1v) is 9.27. The summed E-state index contributed by atoms with van der Waals surface area (Å²) in [6, 6.07) is 4.92. The van der Waals surface area contributed by atoms with Gasteiger partial charge in [-0.3, -0.25) is 4.79 Å². The molecule has 0 aliphatic heterocycles. The van der Waals surface area contributed by atoms with Crippen LogP contribution in [-0.2, 0) is 9.47 Å². The maximum atomic E-state index is 13.1. The number of hydrogen-bond donors (Lipinski definition) is 1. The molecule has 1 N–H and O–H groups in total. The topological polar surface area (TPSA) is 82.8 Å². The minimum Gasteiger partial charge on any atom is -0.495 e. The Hall–Kier alpha value is -1.81. The highest BCUT2D eigenvalue weighted by molar-refractivity contribution is 7.94. The number of carbonyl (C=O) groups excluding carboxylic acids is 1. The van der Waals surface area contributed by atoms with E-state index in [0.29, 0.717) is 36.2 Å². The number of methoxy groups -OCH3 is 1. The number of nitrogens with zero attached hydrogens (tertiary/aromatic N) is 1. The van der Waals surface area contributed by atoms with Gasteiger partial charge in [0.15, 0.2) is 17.8 Å². The molecule has 1 atom stereocenters. The maximum Gasteiger partial charge on any atom is 0.274 e. The summed E-state index contributed by atoms with van der Waals surface area (Å²) >= 11 is 6.09. The molecule has 0 bridgehead atoms. The number of aromatic nitrogens is 1. The fourth-order valence-electron chi connectivity index (χ4n) is 2.18. The number of hydrogen-bond acceptors (Lipinski definition) is 7. The van der Waals surface area contributed by atoms with Crippen LogP contribution in [0.4, 0.5) is 3.89 Å². The van der Waals surface area contributed by atoms with Crippen molar-refractivity contribution in [2.24, 2.45) is 0 Å². The summed E-state index contributed by atoms with van der Waals surface area (Å²) in [4.78, 5) is 16.4. The Balaban J connectivity index is 2.03. The number of carbonyl (C=O) groups is 1. The Kier molecular flexibility index (Phi) is 8.86. The van der Waals surface area contributed by atoms with Gasteiger partial charge in [-0.15, -0.1) is 0 Å². The highest BCUT2D eigenvalue weighted by atomic mass is 35.5. The molecule has 10 heteroatoms. The van der Waals surface area contributed by atoms with Crippen molar-refractivity contribution in [3.8, 4) is 17.1 Å². The van der Waals surface area contributed by atoms with Gasteiger partial charge in [-0.1, -0.05) is 11.6 Å². The molecule has 0 saturated carbocycles. The summed E-state index contributed by atoms with van der Waals surface area (Å²) in [5, 5.41) is 1.98. The van der Waals surface area contributed by atoms with Crippen LogP contribution in [0.1, 0.15) is 17.4 Å². The van der Waals surface area contributed by atoms with E-state index in [-0.39, 0.29) is 30.2 Å². The van der Waals surface area contributed by atoms with Gasteiger partial charge in [0.2, 0.25) is 0 Å². The van der Waals surface area contributed by atoms with E-state index in [0.717, 1.165) is 6.39 Å². The van der Waals surface area contributed by atoms with Crippen molar-refractivity contribution in [1.82, 2.24) is 10.3 Å². The predicted molar refractivity (Wildman–Crippen MR) is 101 cm³/mol. The third-order valence-corrected chi connectivity index (χ3v) is 4.21. The van der Waals surface area contributed by atoms with Gasteiger partial charge in [0.25, 0.3) is 5.91 Å². The van der Waals surface area contributed by atoms with Crippen LogP contribution in [0.25, 0.3) is 11.3 Å². The zero-order valence-corrected chi connectivity index (χ0v) is 16.4. The van der Waals surface area contributed by atoms with Crippen LogP contribution in [0, 0.1) is 0 Å². The van der Waals surface area contributed by atoms with Crippen molar-refractivity contribution >= 4 is 29.7 Å². The summed E-state index contributed by atoms with van der Waals surface area (Å²) in [5.74, 6) is 0.121. The largest absolute Gasteiger partial charge is 0.495 e. The number of benzene rings is 1. The Morgan fingerprint density at radius 2 is 2.19 bits per heavy atom. The van der Waals surface area contributed by atoms with Crippen LogP contribution in [0.5, 0.6) is 5.75 Å². The van der Waals surface area contributed by atoms with E-state index in [9.17, 15) is 8.68 Å². The minimum atomic E-state index is -0.886. The predicted octanol–water partition coefficient (Wildman–Crippen LogP) is 3.73. The van der Waals surface area contributed by atoms with E-state index in [1.807, 2.05) is 6.92 Å². The molecule has 2 aromatic rings. The molecule has 148 valence electrons. The second-order valence-corrected chi connectivity index (χ2v) is 6.36. The van der Waals surface area contributed by atoms with Crippen LogP contribution < -0.4 is 10.1 Å². The fraction of sp³-hybridized carbons (Fsp3) is 0.412. The Morgan fingerprint density at radius 1 is 1.41 bits per heavy atom. The lowest BCUT2D eigenvalue weighted by atomic mass is 10.1. The summed E-state index contributed by atoms with van der Waals surface area (Å²) in [6.07, 6.45) is 1.14. The molecular formula is C17H20ClFN2O5S. The van der Waals surface area contributed by atoms with E-state index in [4.69, 9.17) is 30.2 Å². The van der Waals surface area contributed by atoms with Gasteiger partial charge in [0.05, 0.1) is 44.1 Å². The van der Waals surface area contributed by atoms with Gasteiger partial charge >= 0.3 is 0 Å². The Morgan fingerprint density at radius 3 is 2.85 bits per heavy atom. The van der Waals surface area contributed by atoms with Crippen molar-refractivity contribution in [1.29, 1.82) is 0 Å². The van der Waals surface area contributed by atoms with Crippen molar-refractivity contribution in [2.75, 3.05) is 33.5 Å². The van der Waals surface area contributed by atoms with Crippen molar-refractivity contribution in [3.05, 3.63) is 35.3 Å². The summed E-state index contributed by atoms with van der Waals surface area (Å²) in [7, 11) is 1.50. The third-order valence-electron chi connectivity index (χ3n) is 3.44. The van der Waals surface area contributed by atoms with E-state index in [1.165, 1.54) is 7.11 Å². The second-order valence-electron chi connectivity index (χ2n) is 5.20. The van der Waals surface area contributed by atoms with Crippen molar-refractivity contribution in [3.63, 3.8) is 0 Å². The van der Waals surface area contributed by atoms with Crippen molar-refractivity contribution in [2.45, 2.75) is 12.3 Å². The molecule has 0 radical (unpaired) electrons. The summed E-state index contributed by atoms with van der Waals surface area (Å²) in [6.45, 7) is 3.14. The van der Waals surface area contributed by atoms with E-state index >= 15 is 0 Å². The zero-order chi connectivity index (χ0) is 19.6. The fourth-order valence-corrected chi connectivity index (χ4v) is 2.73. The SMILES string of the molecule is CCOCCOCC(NC(=O)c1ncoc1-c1ccc(OC)c(Cl)c1)SF. The number of nitrogens with one attached hydrogen (secondary N) is 1. The number of oxazole rings is 1. The molecule has 7 nitrogen and oxygen atoms in total. The van der Waals surface area contributed by atoms with Gasteiger partial charge < -0.3 is 23.9 Å². The summed E-state index contributed by atoms with van der Waals surface area (Å²) < 4.78 is 33.9. The number of amides is 1. The molecular weight excluding hydrogens is 399 g/mol. The molecule has 2 rings (SSSR count). The first-order chi connectivity index (χ1) is 13.1.